The van der Waals surface area contributed by atoms with Crippen molar-refractivity contribution in [2.24, 2.45) is 0 Å². The lowest BCUT2D eigenvalue weighted by atomic mass is 9.56. The minimum Gasteiger partial charge on any atom is -0.387 e. The van der Waals surface area contributed by atoms with E-state index in [1.165, 1.54) is 0 Å². The van der Waals surface area contributed by atoms with Crippen molar-refractivity contribution >= 4 is 0 Å². The van der Waals surface area contributed by atoms with Gasteiger partial charge in [0, 0.05) is 19.3 Å². The van der Waals surface area contributed by atoms with E-state index in [2.05, 4.69) is 0 Å². The van der Waals surface area contributed by atoms with Gasteiger partial charge >= 0.3 is 0 Å². The third kappa shape index (κ3) is 4.10. The largest absolute Gasteiger partial charge is 0.387 e. The summed E-state index contributed by atoms with van der Waals surface area (Å²) < 4.78 is 0. The second kappa shape index (κ2) is 8.99. The molecule has 3 aromatic carbocycles. The molecule has 0 saturated heterocycles. The molecule has 0 aromatic heterocycles. The summed E-state index contributed by atoms with van der Waals surface area (Å²) in [6.07, 6.45) is -6.56. The van der Waals surface area contributed by atoms with E-state index in [1.807, 2.05) is 0 Å². The molecular weight excluding hydrogens is 420 g/mol. The molecule has 6 nitrogen and oxygen atoms in total. The zero-order chi connectivity index (χ0) is 23.7. The van der Waals surface area contributed by atoms with E-state index >= 15 is 0 Å². The molecular formula is C27H30O6. The number of aliphatic hydroxyl groups is 6. The predicted molar refractivity (Wildman–Crippen MR) is 123 cm³/mol. The highest BCUT2D eigenvalue weighted by atomic mass is 16.4. The molecule has 6 N–H and O–H groups in total. The third-order valence-corrected chi connectivity index (χ3v) is 6.94. The van der Waals surface area contributed by atoms with Gasteiger partial charge in [0.2, 0.25) is 0 Å². The molecule has 0 bridgehead atoms. The Kier molecular flexibility index (Phi) is 6.42. The van der Waals surface area contributed by atoms with Crippen LogP contribution in [0, 0.1) is 0 Å². The lowest BCUT2D eigenvalue weighted by Crippen LogP contribution is -2.83. The van der Waals surface area contributed by atoms with Gasteiger partial charge in [0.05, 0.1) is 0 Å². The molecule has 1 fully saturated rings. The lowest BCUT2D eigenvalue weighted by Gasteiger charge is -2.59. The molecule has 0 aliphatic heterocycles. The maximum atomic E-state index is 11.9. The van der Waals surface area contributed by atoms with Crippen LogP contribution in [-0.2, 0) is 19.3 Å². The van der Waals surface area contributed by atoms with Crippen LogP contribution in [0.25, 0.3) is 0 Å². The summed E-state index contributed by atoms with van der Waals surface area (Å²) in [4.78, 5) is 0. The molecule has 0 amide bonds. The maximum Gasteiger partial charge on any atom is 0.129 e. The van der Waals surface area contributed by atoms with Gasteiger partial charge in [-0.25, -0.2) is 0 Å². The first-order chi connectivity index (χ1) is 15.7. The van der Waals surface area contributed by atoms with Crippen molar-refractivity contribution < 1.29 is 30.6 Å². The monoisotopic (exact) mass is 450 g/mol. The summed E-state index contributed by atoms with van der Waals surface area (Å²) in [5, 5.41) is 68.9. The van der Waals surface area contributed by atoms with Crippen molar-refractivity contribution in [1.82, 2.24) is 0 Å². The Bertz CT molecular complexity index is 1050. The van der Waals surface area contributed by atoms with Crippen molar-refractivity contribution in [3.63, 3.8) is 0 Å². The molecule has 1 aliphatic carbocycles. The van der Waals surface area contributed by atoms with Crippen LogP contribution in [-0.4, -0.2) is 65.8 Å². The van der Waals surface area contributed by atoms with Crippen molar-refractivity contribution in [1.29, 1.82) is 0 Å². The first-order valence-corrected chi connectivity index (χ1v) is 11.0. The van der Waals surface area contributed by atoms with Crippen LogP contribution in [0.4, 0.5) is 0 Å². The van der Waals surface area contributed by atoms with Crippen LogP contribution >= 0.6 is 0 Å². The van der Waals surface area contributed by atoms with Gasteiger partial charge in [-0.3, -0.25) is 0 Å². The molecule has 1 saturated carbocycles. The molecule has 174 valence electrons. The second-order valence-corrected chi connectivity index (χ2v) is 9.12. The molecule has 0 radical (unpaired) electrons. The Hall–Kier alpha value is -2.58. The fourth-order valence-electron chi connectivity index (χ4n) is 5.05. The van der Waals surface area contributed by atoms with E-state index in [4.69, 9.17) is 0 Å². The fourth-order valence-corrected chi connectivity index (χ4v) is 5.05. The summed E-state index contributed by atoms with van der Waals surface area (Å²) in [5.41, 5.74) is -5.26. The van der Waals surface area contributed by atoms with Crippen LogP contribution in [0.5, 0.6) is 0 Å². The van der Waals surface area contributed by atoms with E-state index in [-0.39, 0.29) is 19.3 Å². The fraction of sp³-hybridized carbons (Fsp3) is 0.333. The van der Waals surface area contributed by atoms with Crippen LogP contribution < -0.4 is 0 Å². The van der Waals surface area contributed by atoms with E-state index in [1.54, 1.807) is 91.0 Å². The Balaban J connectivity index is 1.81. The molecule has 6 heteroatoms. The Morgan fingerprint density at radius 1 is 0.485 bits per heavy atom. The van der Waals surface area contributed by atoms with Crippen molar-refractivity contribution in [2.45, 2.75) is 54.4 Å². The van der Waals surface area contributed by atoms with E-state index in [0.29, 0.717) is 16.7 Å². The normalized spacial score (nSPS) is 34.2. The molecule has 33 heavy (non-hydrogen) atoms. The number of benzene rings is 3. The highest BCUT2D eigenvalue weighted by Crippen LogP contribution is 2.47. The van der Waals surface area contributed by atoms with Gasteiger partial charge in [-0.05, 0) is 16.7 Å². The first-order valence-electron chi connectivity index (χ1n) is 11.0. The molecule has 6 atom stereocenters. The summed E-state index contributed by atoms with van der Waals surface area (Å²) in [7, 11) is 0. The van der Waals surface area contributed by atoms with E-state index in [0.717, 1.165) is 0 Å². The minimum atomic E-state index is -2.38. The second-order valence-electron chi connectivity index (χ2n) is 9.12. The number of hydrogen-bond acceptors (Lipinski definition) is 6. The Labute approximate surface area is 193 Å². The zero-order valence-corrected chi connectivity index (χ0v) is 18.2. The van der Waals surface area contributed by atoms with Crippen molar-refractivity contribution in [3.8, 4) is 0 Å². The maximum absolute atomic E-state index is 11.9. The van der Waals surface area contributed by atoms with Crippen molar-refractivity contribution in [3.05, 3.63) is 108 Å². The van der Waals surface area contributed by atoms with Gasteiger partial charge in [0.25, 0.3) is 0 Å². The minimum absolute atomic E-state index is 0.230. The quantitative estimate of drug-likeness (QED) is 0.333. The van der Waals surface area contributed by atoms with Gasteiger partial charge in [-0.15, -0.1) is 0 Å². The SMILES string of the molecule is O[C@H]1[C@H](O)[C@](O)(Cc2ccccc2)[C@@](O)(Cc2ccccc2)[C@@H](O)[C@]1(O)Cc1ccccc1. The van der Waals surface area contributed by atoms with E-state index in [9.17, 15) is 30.6 Å². The third-order valence-electron chi connectivity index (χ3n) is 6.94. The average Bonchev–Trinajstić information content (AvgIpc) is 2.83. The average molecular weight is 451 g/mol. The van der Waals surface area contributed by atoms with Crippen LogP contribution in [0.15, 0.2) is 91.0 Å². The molecule has 1 aliphatic rings. The van der Waals surface area contributed by atoms with Crippen molar-refractivity contribution in [2.75, 3.05) is 0 Å². The van der Waals surface area contributed by atoms with Crippen LogP contribution in [0.3, 0.4) is 0 Å². The number of hydrogen-bond donors (Lipinski definition) is 6. The topological polar surface area (TPSA) is 121 Å². The summed E-state index contributed by atoms with van der Waals surface area (Å²) in [5.74, 6) is 0. The number of rotatable bonds is 6. The van der Waals surface area contributed by atoms with Gasteiger partial charge < -0.3 is 30.6 Å². The summed E-state index contributed by atoms with van der Waals surface area (Å²) in [6, 6.07) is 26.2. The smallest absolute Gasteiger partial charge is 0.129 e. The highest BCUT2D eigenvalue weighted by molar-refractivity contribution is 5.32. The Morgan fingerprint density at radius 3 is 1.27 bits per heavy atom. The van der Waals surface area contributed by atoms with Gasteiger partial charge in [-0.2, -0.15) is 0 Å². The highest BCUT2D eigenvalue weighted by Gasteiger charge is 2.71. The van der Waals surface area contributed by atoms with E-state index < -0.39 is 35.1 Å². The van der Waals surface area contributed by atoms with Gasteiger partial charge in [0.15, 0.2) is 0 Å². The summed E-state index contributed by atoms with van der Waals surface area (Å²) >= 11 is 0. The number of aliphatic hydroxyl groups excluding tert-OH is 3. The lowest BCUT2D eigenvalue weighted by molar-refractivity contribution is -0.340. The molecule has 0 spiro atoms. The van der Waals surface area contributed by atoms with Gasteiger partial charge in [0.1, 0.15) is 35.1 Å². The van der Waals surface area contributed by atoms with Gasteiger partial charge in [-0.1, -0.05) is 91.0 Å². The van der Waals surface area contributed by atoms with Crippen LogP contribution in [0.1, 0.15) is 16.7 Å². The standard InChI is InChI=1S/C27H30O6/c28-22-23(29)26(32,17-20-12-6-2-7-13-20)27(33,18-21-14-8-3-9-15-21)24(30)25(22,31)16-19-10-4-1-5-11-19/h1-15,22-24,28-33H,16-18H2/t22-,23-,24-,25-,26+,27+/m0/s1. The molecule has 3 aromatic rings. The predicted octanol–water partition coefficient (Wildman–Crippen LogP) is 1.00. The Morgan fingerprint density at radius 2 is 0.848 bits per heavy atom. The zero-order valence-electron chi connectivity index (χ0n) is 18.2. The summed E-state index contributed by atoms with van der Waals surface area (Å²) in [6.45, 7) is 0. The molecule has 4 rings (SSSR count). The molecule has 0 unspecified atom stereocenters. The first kappa shape index (κ1) is 23.6. The molecule has 0 heterocycles. The van der Waals surface area contributed by atoms with Crippen LogP contribution in [0.2, 0.25) is 0 Å².